The first-order valence-corrected chi connectivity index (χ1v) is 8.13. The summed E-state index contributed by atoms with van der Waals surface area (Å²) in [4.78, 5) is 0. The van der Waals surface area contributed by atoms with Crippen molar-refractivity contribution in [3.8, 4) is 0 Å². The van der Waals surface area contributed by atoms with Crippen molar-refractivity contribution < 1.29 is 0 Å². The highest BCUT2D eigenvalue weighted by molar-refractivity contribution is 4.82. The minimum Gasteiger partial charge on any atom is -0.314 e. The molecule has 0 aromatic heterocycles. The van der Waals surface area contributed by atoms with Crippen molar-refractivity contribution in [2.45, 2.75) is 83.6 Å². The van der Waals surface area contributed by atoms with Crippen LogP contribution in [0.1, 0.15) is 77.6 Å². The molecular weight excluding hydrogens is 206 g/mol. The Bertz CT molecular complexity index is 188. The van der Waals surface area contributed by atoms with E-state index in [1.165, 1.54) is 70.6 Å². The normalized spacial score (nSPS) is 25.9. The van der Waals surface area contributed by atoms with Gasteiger partial charge in [0.25, 0.3) is 0 Å². The van der Waals surface area contributed by atoms with E-state index >= 15 is 0 Å². The molecule has 2 fully saturated rings. The molecular formula is C16H31N. The fourth-order valence-electron chi connectivity index (χ4n) is 4.02. The lowest BCUT2D eigenvalue weighted by molar-refractivity contribution is 0.272. The molecule has 0 radical (unpaired) electrons. The first-order valence-electron chi connectivity index (χ1n) is 8.13. The quantitative estimate of drug-likeness (QED) is 0.693. The standard InChI is InChI=1S/C16H31N/c1-2-17-16(13-14-9-7-8-10-14)15-11-5-3-4-6-12-15/h14-17H,2-13H2,1H3. The van der Waals surface area contributed by atoms with Gasteiger partial charge < -0.3 is 5.32 Å². The van der Waals surface area contributed by atoms with Crippen LogP contribution in [-0.4, -0.2) is 12.6 Å². The third kappa shape index (κ3) is 4.28. The Hall–Kier alpha value is -0.0400. The second-order valence-electron chi connectivity index (χ2n) is 6.30. The Balaban J connectivity index is 1.84. The van der Waals surface area contributed by atoms with Crippen LogP contribution in [0.4, 0.5) is 0 Å². The molecule has 0 aliphatic heterocycles. The fourth-order valence-corrected chi connectivity index (χ4v) is 4.02. The topological polar surface area (TPSA) is 12.0 Å². The summed E-state index contributed by atoms with van der Waals surface area (Å²) in [5.74, 6) is 2.03. The molecule has 17 heavy (non-hydrogen) atoms. The average Bonchev–Trinajstić information content (AvgIpc) is 2.69. The zero-order valence-corrected chi connectivity index (χ0v) is 11.7. The van der Waals surface area contributed by atoms with Crippen LogP contribution in [0.15, 0.2) is 0 Å². The SMILES string of the molecule is CCNC(CC1CCCC1)C1CCCCCC1. The van der Waals surface area contributed by atoms with Gasteiger partial charge in [0.15, 0.2) is 0 Å². The van der Waals surface area contributed by atoms with Crippen molar-refractivity contribution >= 4 is 0 Å². The van der Waals surface area contributed by atoms with E-state index in [1.54, 1.807) is 0 Å². The smallest absolute Gasteiger partial charge is 0.00978 e. The zero-order valence-electron chi connectivity index (χ0n) is 11.7. The van der Waals surface area contributed by atoms with E-state index in [0.29, 0.717) is 0 Å². The predicted molar refractivity (Wildman–Crippen MR) is 75.2 cm³/mol. The van der Waals surface area contributed by atoms with Gasteiger partial charge in [0.1, 0.15) is 0 Å². The number of hydrogen-bond donors (Lipinski definition) is 1. The van der Waals surface area contributed by atoms with Crippen LogP contribution >= 0.6 is 0 Å². The molecule has 100 valence electrons. The van der Waals surface area contributed by atoms with Crippen molar-refractivity contribution in [1.29, 1.82) is 0 Å². The summed E-state index contributed by atoms with van der Waals surface area (Å²) >= 11 is 0. The van der Waals surface area contributed by atoms with Gasteiger partial charge in [-0.1, -0.05) is 58.3 Å². The Morgan fingerprint density at radius 1 is 0.882 bits per heavy atom. The van der Waals surface area contributed by atoms with Gasteiger partial charge in [-0.15, -0.1) is 0 Å². The van der Waals surface area contributed by atoms with Gasteiger partial charge >= 0.3 is 0 Å². The highest BCUT2D eigenvalue weighted by Gasteiger charge is 2.26. The summed E-state index contributed by atoms with van der Waals surface area (Å²) in [5.41, 5.74) is 0. The molecule has 0 spiro atoms. The molecule has 0 saturated heterocycles. The largest absolute Gasteiger partial charge is 0.314 e. The van der Waals surface area contributed by atoms with E-state index in [-0.39, 0.29) is 0 Å². The summed E-state index contributed by atoms with van der Waals surface area (Å²) in [6.45, 7) is 3.44. The summed E-state index contributed by atoms with van der Waals surface area (Å²) in [5, 5.41) is 3.81. The molecule has 1 unspecified atom stereocenters. The second-order valence-corrected chi connectivity index (χ2v) is 6.30. The maximum Gasteiger partial charge on any atom is 0.00978 e. The van der Waals surface area contributed by atoms with E-state index in [4.69, 9.17) is 0 Å². The van der Waals surface area contributed by atoms with Gasteiger partial charge in [0.2, 0.25) is 0 Å². The third-order valence-electron chi connectivity index (χ3n) is 5.00. The van der Waals surface area contributed by atoms with E-state index in [2.05, 4.69) is 12.2 Å². The first-order chi connectivity index (χ1) is 8.40. The minimum absolute atomic E-state index is 0.834. The predicted octanol–water partition coefficient (Wildman–Crippen LogP) is 4.52. The summed E-state index contributed by atoms with van der Waals surface area (Å²) in [7, 11) is 0. The van der Waals surface area contributed by atoms with E-state index < -0.39 is 0 Å². The molecule has 0 aromatic carbocycles. The molecule has 1 heteroatoms. The molecule has 2 aliphatic carbocycles. The third-order valence-corrected chi connectivity index (χ3v) is 5.00. The fraction of sp³-hybridized carbons (Fsp3) is 1.00. The van der Waals surface area contributed by atoms with Crippen molar-refractivity contribution in [3.63, 3.8) is 0 Å². The molecule has 2 aliphatic rings. The van der Waals surface area contributed by atoms with Crippen LogP contribution in [-0.2, 0) is 0 Å². The van der Waals surface area contributed by atoms with Gasteiger partial charge in [0.05, 0.1) is 0 Å². The summed E-state index contributed by atoms with van der Waals surface area (Å²) in [6.07, 6.45) is 16.4. The molecule has 2 saturated carbocycles. The number of rotatable bonds is 5. The average molecular weight is 237 g/mol. The molecule has 0 bridgehead atoms. The number of nitrogens with one attached hydrogen (secondary N) is 1. The maximum atomic E-state index is 3.81. The lowest BCUT2D eigenvalue weighted by Crippen LogP contribution is -2.37. The molecule has 1 N–H and O–H groups in total. The van der Waals surface area contributed by atoms with Gasteiger partial charge in [0, 0.05) is 6.04 Å². The Kier molecular flexibility index (Phi) is 5.84. The zero-order chi connectivity index (χ0) is 11.9. The highest BCUT2D eigenvalue weighted by atomic mass is 14.9. The van der Waals surface area contributed by atoms with Crippen LogP contribution < -0.4 is 5.32 Å². The van der Waals surface area contributed by atoms with Gasteiger partial charge in [-0.05, 0) is 37.6 Å². The van der Waals surface area contributed by atoms with E-state index in [1.807, 2.05) is 0 Å². The minimum atomic E-state index is 0.834. The van der Waals surface area contributed by atoms with Crippen molar-refractivity contribution in [2.75, 3.05) is 6.54 Å². The van der Waals surface area contributed by atoms with E-state index in [0.717, 1.165) is 24.4 Å². The van der Waals surface area contributed by atoms with Crippen LogP contribution in [0.5, 0.6) is 0 Å². The first kappa shape index (κ1) is 13.4. The Morgan fingerprint density at radius 3 is 2.06 bits per heavy atom. The van der Waals surface area contributed by atoms with Crippen LogP contribution in [0.3, 0.4) is 0 Å². The van der Waals surface area contributed by atoms with E-state index in [9.17, 15) is 0 Å². The Labute approximate surface area is 108 Å². The summed E-state index contributed by atoms with van der Waals surface area (Å²) in [6, 6.07) is 0.834. The van der Waals surface area contributed by atoms with Gasteiger partial charge in [-0.3, -0.25) is 0 Å². The molecule has 0 heterocycles. The van der Waals surface area contributed by atoms with Crippen molar-refractivity contribution in [3.05, 3.63) is 0 Å². The monoisotopic (exact) mass is 237 g/mol. The molecule has 1 atom stereocenters. The highest BCUT2D eigenvalue weighted by Crippen LogP contribution is 2.33. The second kappa shape index (κ2) is 7.41. The summed E-state index contributed by atoms with van der Waals surface area (Å²) < 4.78 is 0. The van der Waals surface area contributed by atoms with Crippen LogP contribution in [0.2, 0.25) is 0 Å². The lowest BCUT2D eigenvalue weighted by Gasteiger charge is -2.29. The molecule has 0 aromatic rings. The molecule has 2 rings (SSSR count). The maximum absolute atomic E-state index is 3.81. The molecule has 1 nitrogen and oxygen atoms in total. The van der Waals surface area contributed by atoms with Crippen LogP contribution in [0, 0.1) is 11.8 Å². The number of hydrogen-bond acceptors (Lipinski definition) is 1. The van der Waals surface area contributed by atoms with Crippen molar-refractivity contribution in [1.82, 2.24) is 5.32 Å². The molecule has 0 amide bonds. The van der Waals surface area contributed by atoms with Crippen LogP contribution in [0.25, 0.3) is 0 Å². The van der Waals surface area contributed by atoms with Crippen molar-refractivity contribution in [2.24, 2.45) is 11.8 Å². The van der Waals surface area contributed by atoms with Gasteiger partial charge in [-0.2, -0.15) is 0 Å². The Morgan fingerprint density at radius 2 is 1.47 bits per heavy atom. The lowest BCUT2D eigenvalue weighted by atomic mass is 9.85. The van der Waals surface area contributed by atoms with Gasteiger partial charge in [-0.25, -0.2) is 0 Å².